The molecule has 1 rings (SSSR count). The molecule has 8 heteroatoms. The van der Waals surface area contributed by atoms with E-state index in [1.165, 1.54) is 17.8 Å². The van der Waals surface area contributed by atoms with E-state index >= 15 is 0 Å². The van der Waals surface area contributed by atoms with Gasteiger partial charge in [0.2, 0.25) is 0 Å². The Kier molecular flexibility index (Phi) is 4.77. The number of nitriles is 1. The molecule has 5 nitrogen and oxygen atoms in total. The third kappa shape index (κ3) is 2.75. The van der Waals surface area contributed by atoms with Crippen molar-refractivity contribution in [2.75, 3.05) is 6.26 Å². The molecule has 0 saturated carbocycles. The van der Waals surface area contributed by atoms with E-state index in [0.29, 0.717) is 5.16 Å². The maximum atomic E-state index is 9.59. The van der Waals surface area contributed by atoms with Crippen LogP contribution in [0.15, 0.2) is 5.16 Å². The second kappa shape index (κ2) is 5.66. The van der Waals surface area contributed by atoms with Gasteiger partial charge in [-0.25, -0.2) is 9.97 Å². The van der Waals surface area contributed by atoms with Crippen molar-refractivity contribution < 1.29 is 10.2 Å². The highest BCUT2D eigenvalue weighted by Gasteiger charge is 2.25. The number of halogens is 2. The van der Waals surface area contributed by atoms with E-state index in [4.69, 9.17) is 33.6 Å². The summed E-state index contributed by atoms with van der Waals surface area (Å²) in [5.74, 6) is 0. The summed E-state index contributed by atoms with van der Waals surface area (Å²) in [6.45, 7) is 0. The highest BCUT2D eigenvalue weighted by Crippen LogP contribution is 2.31. The summed E-state index contributed by atoms with van der Waals surface area (Å²) in [5.41, 5.74) is -0.0461. The highest BCUT2D eigenvalue weighted by molar-refractivity contribution is 7.98. The van der Waals surface area contributed by atoms with E-state index < -0.39 is 12.2 Å². The standard InChI is InChI=1S/C8H7Cl2N3O2S/c1-16-8-12-6(9)4(7(10)13-8)5(15)3(14)2-11/h3,5,14-15H,1H3. The second-order valence-corrected chi connectivity index (χ2v) is 4.21. The monoisotopic (exact) mass is 279 g/mol. The number of aliphatic hydroxyl groups excluding tert-OH is 2. The lowest BCUT2D eigenvalue weighted by atomic mass is 10.1. The van der Waals surface area contributed by atoms with Crippen LogP contribution >= 0.6 is 35.0 Å². The van der Waals surface area contributed by atoms with Crippen LogP contribution in [0.3, 0.4) is 0 Å². The van der Waals surface area contributed by atoms with Crippen molar-refractivity contribution in [3.05, 3.63) is 15.9 Å². The fourth-order valence-electron chi connectivity index (χ4n) is 0.962. The van der Waals surface area contributed by atoms with Crippen LogP contribution < -0.4 is 0 Å². The van der Waals surface area contributed by atoms with Gasteiger partial charge in [0, 0.05) is 0 Å². The van der Waals surface area contributed by atoms with Gasteiger partial charge >= 0.3 is 0 Å². The summed E-state index contributed by atoms with van der Waals surface area (Å²) < 4.78 is 0. The molecule has 16 heavy (non-hydrogen) atoms. The Morgan fingerprint density at radius 2 is 1.81 bits per heavy atom. The predicted octanol–water partition coefficient (Wildman–Crippen LogP) is 1.42. The largest absolute Gasteiger partial charge is 0.384 e. The van der Waals surface area contributed by atoms with Crippen molar-refractivity contribution in [1.29, 1.82) is 5.26 Å². The van der Waals surface area contributed by atoms with Crippen LogP contribution in [-0.2, 0) is 0 Å². The number of aliphatic hydroxyl groups is 2. The molecule has 86 valence electrons. The molecule has 1 aromatic heterocycles. The maximum absolute atomic E-state index is 9.59. The maximum Gasteiger partial charge on any atom is 0.190 e. The van der Waals surface area contributed by atoms with Crippen molar-refractivity contribution in [1.82, 2.24) is 9.97 Å². The van der Waals surface area contributed by atoms with Crippen molar-refractivity contribution >= 4 is 35.0 Å². The molecular formula is C8H7Cl2N3O2S. The van der Waals surface area contributed by atoms with Crippen molar-refractivity contribution in [3.8, 4) is 6.07 Å². The third-order valence-electron chi connectivity index (χ3n) is 1.74. The summed E-state index contributed by atoms with van der Waals surface area (Å²) in [4.78, 5) is 7.69. The summed E-state index contributed by atoms with van der Waals surface area (Å²) in [7, 11) is 0. The Bertz CT molecular complexity index is 415. The van der Waals surface area contributed by atoms with Crippen molar-refractivity contribution in [2.24, 2.45) is 0 Å². The third-order valence-corrected chi connectivity index (χ3v) is 2.87. The Hall–Kier alpha value is -0.580. The predicted molar refractivity (Wildman–Crippen MR) is 60.4 cm³/mol. The zero-order chi connectivity index (χ0) is 12.3. The molecule has 0 aliphatic heterocycles. The second-order valence-electron chi connectivity index (χ2n) is 2.72. The molecule has 1 heterocycles. The van der Waals surface area contributed by atoms with Gasteiger partial charge in [-0.1, -0.05) is 35.0 Å². The number of hydrogen-bond donors (Lipinski definition) is 2. The van der Waals surface area contributed by atoms with Crippen LogP contribution in [0.2, 0.25) is 10.3 Å². The first-order chi connectivity index (χ1) is 7.51. The molecule has 0 aromatic carbocycles. The number of hydrogen-bond acceptors (Lipinski definition) is 6. The minimum atomic E-state index is -1.63. The van der Waals surface area contributed by atoms with Crippen LogP contribution in [0.1, 0.15) is 11.7 Å². The molecule has 0 radical (unpaired) electrons. The fourth-order valence-corrected chi connectivity index (χ4v) is 2.04. The minimum Gasteiger partial charge on any atom is -0.384 e. The van der Waals surface area contributed by atoms with E-state index in [0.717, 1.165) is 0 Å². The molecule has 0 amide bonds. The number of aromatic nitrogens is 2. The molecule has 2 N–H and O–H groups in total. The number of rotatable bonds is 3. The van der Waals surface area contributed by atoms with Crippen LogP contribution in [0.5, 0.6) is 0 Å². The van der Waals surface area contributed by atoms with Gasteiger partial charge in [0.25, 0.3) is 0 Å². The van der Waals surface area contributed by atoms with E-state index in [2.05, 4.69) is 9.97 Å². The number of thioether (sulfide) groups is 1. The molecule has 0 fully saturated rings. The molecule has 0 aliphatic rings. The first kappa shape index (κ1) is 13.5. The van der Waals surface area contributed by atoms with Crippen LogP contribution in [0.4, 0.5) is 0 Å². The van der Waals surface area contributed by atoms with Gasteiger partial charge in [-0.05, 0) is 6.26 Å². The molecule has 1 aromatic rings. The Labute approximate surface area is 106 Å². The lowest BCUT2D eigenvalue weighted by molar-refractivity contribution is 0.0523. The molecule has 0 saturated heterocycles. The molecule has 0 spiro atoms. The fraction of sp³-hybridized carbons (Fsp3) is 0.375. The Morgan fingerprint density at radius 1 is 1.31 bits per heavy atom. The van der Waals surface area contributed by atoms with Crippen molar-refractivity contribution in [2.45, 2.75) is 17.4 Å². The average Bonchev–Trinajstić information content (AvgIpc) is 2.26. The lowest BCUT2D eigenvalue weighted by Crippen LogP contribution is -2.17. The zero-order valence-corrected chi connectivity index (χ0v) is 10.4. The van der Waals surface area contributed by atoms with E-state index in [9.17, 15) is 5.11 Å². The van der Waals surface area contributed by atoms with Crippen LogP contribution in [-0.4, -0.2) is 32.5 Å². The highest BCUT2D eigenvalue weighted by atomic mass is 35.5. The average molecular weight is 280 g/mol. The summed E-state index contributed by atoms with van der Waals surface area (Å²) >= 11 is 12.8. The molecular weight excluding hydrogens is 273 g/mol. The van der Waals surface area contributed by atoms with Crippen molar-refractivity contribution in [3.63, 3.8) is 0 Å². The van der Waals surface area contributed by atoms with Gasteiger partial charge in [-0.2, -0.15) is 5.26 Å². The van der Waals surface area contributed by atoms with E-state index in [1.54, 1.807) is 6.26 Å². The molecule has 0 bridgehead atoms. The lowest BCUT2D eigenvalue weighted by Gasteiger charge is -2.14. The first-order valence-electron chi connectivity index (χ1n) is 4.04. The van der Waals surface area contributed by atoms with E-state index in [1.807, 2.05) is 0 Å². The quantitative estimate of drug-likeness (QED) is 0.376. The van der Waals surface area contributed by atoms with Gasteiger partial charge in [0.1, 0.15) is 16.4 Å². The summed E-state index contributed by atoms with van der Waals surface area (Å²) in [5, 5.41) is 27.4. The molecule has 0 aliphatic carbocycles. The van der Waals surface area contributed by atoms with Crippen LogP contribution in [0, 0.1) is 11.3 Å². The smallest absolute Gasteiger partial charge is 0.190 e. The van der Waals surface area contributed by atoms with E-state index in [-0.39, 0.29) is 15.9 Å². The van der Waals surface area contributed by atoms with Gasteiger partial charge in [-0.15, -0.1) is 0 Å². The molecule has 2 atom stereocenters. The topological polar surface area (TPSA) is 90.0 Å². The Balaban J connectivity index is 3.20. The normalized spacial score (nSPS) is 14.2. The van der Waals surface area contributed by atoms with Gasteiger partial charge < -0.3 is 10.2 Å². The first-order valence-corrected chi connectivity index (χ1v) is 6.02. The van der Waals surface area contributed by atoms with Crippen LogP contribution in [0.25, 0.3) is 0 Å². The van der Waals surface area contributed by atoms with Gasteiger partial charge in [0.05, 0.1) is 11.6 Å². The van der Waals surface area contributed by atoms with Gasteiger partial charge in [-0.3, -0.25) is 0 Å². The zero-order valence-electron chi connectivity index (χ0n) is 8.05. The SMILES string of the molecule is CSc1nc(Cl)c(C(O)C(O)C#N)c(Cl)n1. The number of nitrogens with zero attached hydrogens (tertiary/aromatic N) is 3. The summed E-state index contributed by atoms with van der Waals surface area (Å²) in [6.07, 6.45) is -1.41. The van der Waals surface area contributed by atoms with Gasteiger partial charge in [0.15, 0.2) is 11.3 Å². The Morgan fingerprint density at radius 3 is 2.19 bits per heavy atom. The molecule has 2 unspecified atom stereocenters. The minimum absolute atomic E-state index is 0.0461. The summed E-state index contributed by atoms with van der Waals surface area (Å²) in [6, 6.07) is 1.47.